The molecule has 0 aliphatic carbocycles. The first-order valence-electron chi connectivity index (χ1n) is 4.73. The smallest absolute Gasteiger partial charge is 0.233 e. The number of hydrogen-bond donors (Lipinski definition) is 0. The maximum atomic E-state index is 11.2. The van der Waals surface area contributed by atoms with Crippen molar-refractivity contribution in [1.82, 2.24) is 8.61 Å². The topological polar surface area (TPSA) is 40.6 Å². The first kappa shape index (κ1) is 10.2. The predicted octanol–water partition coefficient (Wildman–Crippen LogP) is 1.44. The second kappa shape index (κ2) is 4.44. The number of carbonyl (C=O) groups is 2. The van der Waals surface area contributed by atoms with Crippen molar-refractivity contribution in [2.24, 2.45) is 0 Å². The number of amides is 2. The van der Waals surface area contributed by atoms with E-state index < -0.39 is 0 Å². The Hall–Kier alpha value is -0.360. The minimum absolute atomic E-state index is 0.189. The molecule has 4 nitrogen and oxygen atoms in total. The van der Waals surface area contributed by atoms with E-state index in [1.54, 1.807) is 8.61 Å². The van der Waals surface area contributed by atoms with Crippen LogP contribution < -0.4 is 0 Å². The fourth-order valence-electron chi connectivity index (χ4n) is 1.48. The van der Waals surface area contributed by atoms with Gasteiger partial charge in [0, 0.05) is 47.9 Å². The summed E-state index contributed by atoms with van der Waals surface area (Å²) in [5.74, 6) is 0.378. The fraction of sp³-hybridized carbons (Fsp3) is 0.750. The van der Waals surface area contributed by atoms with Crippen molar-refractivity contribution in [1.29, 1.82) is 0 Å². The Bertz CT molecular complexity index is 234. The summed E-state index contributed by atoms with van der Waals surface area (Å²) in [7, 11) is 2.80. The van der Waals surface area contributed by atoms with Crippen molar-refractivity contribution in [2.75, 3.05) is 13.1 Å². The molecule has 0 radical (unpaired) electrons. The van der Waals surface area contributed by atoms with Crippen molar-refractivity contribution in [3.05, 3.63) is 0 Å². The van der Waals surface area contributed by atoms with Gasteiger partial charge >= 0.3 is 0 Å². The lowest BCUT2D eigenvalue weighted by molar-refractivity contribution is -0.124. The standard InChI is InChI=1S/C8H12N2O2S2/c11-7-3-1-5-9(7)13-14-10-6-2-4-8(10)12/h1-6H2. The summed E-state index contributed by atoms with van der Waals surface area (Å²) in [5.41, 5.74) is 0. The molecule has 14 heavy (non-hydrogen) atoms. The lowest BCUT2D eigenvalue weighted by Crippen LogP contribution is -2.19. The van der Waals surface area contributed by atoms with Crippen LogP contribution in [0.15, 0.2) is 0 Å². The molecule has 2 aliphatic rings. The lowest BCUT2D eigenvalue weighted by Gasteiger charge is -2.17. The van der Waals surface area contributed by atoms with Crippen molar-refractivity contribution < 1.29 is 9.59 Å². The molecule has 6 heteroatoms. The van der Waals surface area contributed by atoms with Crippen LogP contribution in [0.25, 0.3) is 0 Å². The van der Waals surface area contributed by atoms with Gasteiger partial charge < -0.3 is 0 Å². The molecule has 2 fully saturated rings. The molecule has 0 aromatic heterocycles. The van der Waals surface area contributed by atoms with E-state index in [-0.39, 0.29) is 11.8 Å². The van der Waals surface area contributed by atoms with Gasteiger partial charge in [-0.1, -0.05) is 0 Å². The summed E-state index contributed by atoms with van der Waals surface area (Å²) in [5, 5.41) is 0. The van der Waals surface area contributed by atoms with Gasteiger partial charge in [-0.2, -0.15) is 0 Å². The highest BCUT2D eigenvalue weighted by Crippen LogP contribution is 2.35. The largest absolute Gasteiger partial charge is 0.276 e. The molecule has 0 unspecified atom stereocenters. The van der Waals surface area contributed by atoms with Crippen LogP contribution in [0.2, 0.25) is 0 Å². The predicted molar refractivity (Wildman–Crippen MR) is 57.1 cm³/mol. The molecule has 2 saturated heterocycles. The highest BCUT2D eigenvalue weighted by molar-refractivity contribution is 8.75. The minimum Gasteiger partial charge on any atom is -0.276 e. The van der Waals surface area contributed by atoms with Gasteiger partial charge in [-0.3, -0.25) is 18.2 Å². The van der Waals surface area contributed by atoms with Crippen LogP contribution in [0, 0.1) is 0 Å². The third kappa shape index (κ3) is 2.17. The van der Waals surface area contributed by atoms with Crippen molar-refractivity contribution in [2.45, 2.75) is 25.7 Å². The molecule has 2 amide bonds. The summed E-state index contributed by atoms with van der Waals surface area (Å²) in [4.78, 5) is 22.5. The maximum Gasteiger partial charge on any atom is 0.233 e. The van der Waals surface area contributed by atoms with Gasteiger partial charge in [0.25, 0.3) is 0 Å². The van der Waals surface area contributed by atoms with E-state index in [2.05, 4.69) is 0 Å². The summed E-state index contributed by atoms with van der Waals surface area (Å²) in [6.45, 7) is 1.64. The third-order valence-electron chi connectivity index (χ3n) is 2.27. The zero-order valence-corrected chi connectivity index (χ0v) is 9.40. The highest BCUT2D eigenvalue weighted by Gasteiger charge is 2.26. The van der Waals surface area contributed by atoms with E-state index in [0.29, 0.717) is 12.8 Å². The minimum atomic E-state index is 0.189. The zero-order chi connectivity index (χ0) is 9.97. The Morgan fingerprint density at radius 1 is 0.857 bits per heavy atom. The molecule has 2 aliphatic heterocycles. The molecule has 0 saturated carbocycles. The monoisotopic (exact) mass is 232 g/mol. The molecule has 0 bridgehead atoms. The average molecular weight is 232 g/mol. The van der Waals surface area contributed by atoms with E-state index in [9.17, 15) is 9.59 Å². The van der Waals surface area contributed by atoms with Crippen molar-refractivity contribution >= 4 is 33.8 Å². The summed E-state index contributed by atoms with van der Waals surface area (Å²) in [6, 6.07) is 0. The number of hydrogen-bond acceptors (Lipinski definition) is 4. The molecule has 2 heterocycles. The first-order valence-corrected chi connectivity index (χ1v) is 6.79. The molecule has 0 aromatic carbocycles. The number of rotatable bonds is 3. The normalized spacial score (nSPS) is 22.6. The van der Waals surface area contributed by atoms with E-state index >= 15 is 0 Å². The number of nitrogens with zero attached hydrogens (tertiary/aromatic N) is 2. The van der Waals surface area contributed by atoms with Crippen LogP contribution >= 0.6 is 22.0 Å². The van der Waals surface area contributed by atoms with Gasteiger partial charge in [0.15, 0.2) is 0 Å². The summed E-state index contributed by atoms with van der Waals surface area (Å²) in [6.07, 6.45) is 3.20. The second-order valence-electron chi connectivity index (χ2n) is 3.35. The van der Waals surface area contributed by atoms with Crippen LogP contribution in [-0.2, 0) is 9.59 Å². The van der Waals surface area contributed by atoms with Crippen LogP contribution in [0.4, 0.5) is 0 Å². The van der Waals surface area contributed by atoms with Crippen LogP contribution in [-0.4, -0.2) is 33.5 Å². The third-order valence-corrected chi connectivity index (χ3v) is 4.75. The molecule has 0 spiro atoms. The van der Waals surface area contributed by atoms with E-state index in [4.69, 9.17) is 0 Å². The fourth-order valence-corrected chi connectivity index (χ4v) is 3.83. The molecule has 2 rings (SSSR count). The van der Waals surface area contributed by atoms with Crippen LogP contribution in [0.3, 0.4) is 0 Å². The van der Waals surface area contributed by atoms with Gasteiger partial charge in [0.1, 0.15) is 0 Å². The lowest BCUT2D eigenvalue weighted by atomic mass is 10.4. The van der Waals surface area contributed by atoms with Crippen molar-refractivity contribution in [3.8, 4) is 0 Å². The highest BCUT2D eigenvalue weighted by atomic mass is 33.1. The van der Waals surface area contributed by atoms with Gasteiger partial charge in [-0.05, 0) is 12.8 Å². The Morgan fingerprint density at radius 2 is 1.29 bits per heavy atom. The van der Waals surface area contributed by atoms with E-state index in [1.807, 2.05) is 0 Å². The Morgan fingerprint density at radius 3 is 1.57 bits per heavy atom. The van der Waals surface area contributed by atoms with Gasteiger partial charge in [-0.15, -0.1) is 0 Å². The molecule has 78 valence electrons. The number of carbonyl (C=O) groups excluding carboxylic acids is 2. The van der Waals surface area contributed by atoms with Gasteiger partial charge in [-0.25, -0.2) is 0 Å². The Balaban J connectivity index is 1.76. The SMILES string of the molecule is O=C1CCCN1SSN1CCCC1=O. The van der Waals surface area contributed by atoms with E-state index in [0.717, 1.165) is 25.9 Å². The zero-order valence-electron chi connectivity index (χ0n) is 7.77. The first-order chi connectivity index (χ1) is 6.77. The van der Waals surface area contributed by atoms with Crippen LogP contribution in [0.5, 0.6) is 0 Å². The Labute approximate surface area is 91.0 Å². The quantitative estimate of drug-likeness (QED) is 0.545. The van der Waals surface area contributed by atoms with Gasteiger partial charge in [0.2, 0.25) is 11.8 Å². The van der Waals surface area contributed by atoms with Gasteiger partial charge in [0.05, 0.1) is 0 Å². The van der Waals surface area contributed by atoms with E-state index in [1.165, 1.54) is 22.0 Å². The van der Waals surface area contributed by atoms with Crippen LogP contribution in [0.1, 0.15) is 25.7 Å². The molecule has 0 N–H and O–H groups in total. The van der Waals surface area contributed by atoms with Crippen molar-refractivity contribution in [3.63, 3.8) is 0 Å². The molecular weight excluding hydrogens is 220 g/mol. The summed E-state index contributed by atoms with van der Waals surface area (Å²) >= 11 is 0. The second-order valence-corrected chi connectivity index (χ2v) is 5.42. The molecular formula is C8H12N2O2S2. The average Bonchev–Trinajstić information content (AvgIpc) is 2.72. The maximum absolute atomic E-state index is 11.2. The molecule has 0 aromatic rings. The molecule has 0 atom stereocenters. The summed E-state index contributed by atoms with van der Waals surface area (Å²) < 4.78 is 3.49. The Kier molecular flexibility index (Phi) is 3.22.